The predicted molar refractivity (Wildman–Crippen MR) is 69.3 cm³/mol. The van der Waals surface area contributed by atoms with Crippen LogP contribution in [0.4, 0.5) is 0 Å². The van der Waals surface area contributed by atoms with Gasteiger partial charge in [-0.05, 0) is 18.2 Å². The second-order valence-corrected chi connectivity index (χ2v) is 4.04. The Kier molecular flexibility index (Phi) is 3.97. The monoisotopic (exact) mass is 262 g/mol. The minimum Gasteiger partial charge on any atom is -0.456 e. The van der Waals surface area contributed by atoms with Gasteiger partial charge >= 0.3 is 0 Å². The SMILES string of the molecule is O=Cc1c(Cl)cccc1Oc1ccccc1CO. The summed E-state index contributed by atoms with van der Waals surface area (Å²) >= 11 is 5.91. The van der Waals surface area contributed by atoms with Gasteiger partial charge in [0.25, 0.3) is 0 Å². The lowest BCUT2D eigenvalue weighted by molar-refractivity contribution is 0.112. The van der Waals surface area contributed by atoms with E-state index in [0.29, 0.717) is 33.9 Å². The highest BCUT2D eigenvalue weighted by atomic mass is 35.5. The number of halogens is 1. The summed E-state index contributed by atoms with van der Waals surface area (Å²) in [6, 6.07) is 12.0. The van der Waals surface area contributed by atoms with Crippen molar-refractivity contribution >= 4 is 17.9 Å². The van der Waals surface area contributed by atoms with Crippen LogP contribution in [0.2, 0.25) is 5.02 Å². The number of hydrogen-bond donors (Lipinski definition) is 1. The number of rotatable bonds is 4. The fourth-order valence-electron chi connectivity index (χ4n) is 1.57. The molecule has 0 unspecified atom stereocenters. The molecule has 0 bridgehead atoms. The zero-order valence-electron chi connectivity index (χ0n) is 9.47. The van der Waals surface area contributed by atoms with Crippen LogP contribution in [0.25, 0.3) is 0 Å². The molecule has 92 valence electrons. The first-order chi connectivity index (χ1) is 8.76. The average molecular weight is 263 g/mol. The molecule has 2 rings (SSSR count). The van der Waals surface area contributed by atoms with Crippen LogP contribution >= 0.6 is 11.6 Å². The van der Waals surface area contributed by atoms with Crippen LogP contribution < -0.4 is 4.74 Å². The van der Waals surface area contributed by atoms with Crippen LogP contribution in [-0.2, 0) is 6.61 Å². The number of aliphatic hydroxyl groups excluding tert-OH is 1. The molecule has 0 aliphatic rings. The molecule has 0 saturated carbocycles. The molecule has 0 saturated heterocycles. The molecule has 18 heavy (non-hydrogen) atoms. The minimum atomic E-state index is -0.132. The number of aliphatic hydroxyl groups is 1. The quantitative estimate of drug-likeness (QED) is 0.859. The summed E-state index contributed by atoms with van der Waals surface area (Å²) in [6.45, 7) is -0.132. The first kappa shape index (κ1) is 12.6. The molecule has 0 spiro atoms. The summed E-state index contributed by atoms with van der Waals surface area (Å²) < 4.78 is 5.63. The van der Waals surface area contributed by atoms with Gasteiger partial charge in [0.05, 0.1) is 17.2 Å². The number of para-hydroxylation sites is 1. The lowest BCUT2D eigenvalue weighted by Gasteiger charge is -2.11. The van der Waals surface area contributed by atoms with Gasteiger partial charge in [-0.1, -0.05) is 35.9 Å². The third kappa shape index (κ3) is 2.53. The van der Waals surface area contributed by atoms with Crippen molar-refractivity contribution in [1.29, 1.82) is 0 Å². The topological polar surface area (TPSA) is 46.5 Å². The second-order valence-electron chi connectivity index (χ2n) is 3.64. The molecule has 2 aromatic rings. The van der Waals surface area contributed by atoms with Gasteiger partial charge in [0.15, 0.2) is 6.29 Å². The third-order valence-electron chi connectivity index (χ3n) is 2.49. The molecule has 0 aromatic heterocycles. The molecule has 0 atom stereocenters. The first-order valence-electron chi connectivity index (χ1n) is 5.36. The maximum absolute atomic E-state index is 11.0. The highest BCUT2D eigenvalue weighted by Gasteiger charge is 2.10. The number of aldehydes is 1. The molecule has 0 aliphatic carbocycles. The van der Waals surface area contributed by atoms with E-state index in [-0.39, 0.29) is 6.61 Å². The fourth-order valence-corrected chi connectivity index (χ4v) is 1.78. The van der Waals surface area contributed by atoms with Crippen LogP contribution in [-0.4, -0.2) is 11.4 Å². The van der Waals surface area contributed by atoms with Gasteiger partial charge in [0, 0.05) is 5.56 Å². The van der Waals surface area contributed by atoms with E-state index in [4.69, 9.17) is 16.3 Å². The van der Waals surface area contributed by atoms with E-state index in [1.165, 1.54) is 0 Å². The molecule has 1 N–H and O–H groups in total. The van der Waals surface area contributed by atoms with Crippen molar-refractivity contribution in [1.82, 2.24) is 0 Å². The van der Waals surface area contributed by atoms with E-state index in [0.717, 1.165) is 0 Å². The zero-order chi connectivity index (χ0) is 13.0. The van der Waals surface area contributed by atoms with Gasteiger partial charge < -0.3 is 9.84 Å². The number of benzene rings is 2. The summed E-state index contributed by atoms with van der Waals surface area (Å²) in [5.74, 6) is 0.878. The van der Waals surface area contributed by atoms with Gasteiger partial charge in [-0.25, -0.2) is 0 Å². The normalized spacial score (nSPS) is 10.1. The molecule has 0 amide bonds. The van der Waals surface area contributed by atoms with Gasteiger partial charge in [-0.3, -0.25) is 4.79 Å². The van der Waals surface area contributed by atoms with E-state index in [1.807, 2.05) is 0 Å². The summed E-state index contributed by atoms with van der Waals surface area (Å²) in [5, 5.41) is 9.54. The minimum absolute atomic E-state index is 0.132. The fraction of sp³-hybridized carbons (Fsp3) is 0.0714. The number of carbonyl (C=O) groups excluding carboxylic acids is 1. The summed E-state index contributed by atoms with van der Waals surface area (Å²) in [7, 11) is 0. The Labute approximate surface area is 110 Å². The highest BCUT2D eigenvalue weighted by Crippen LogP contribution is 2.30. The van der Waals surface area contributed by atoms with Crippen molar-refractivity contribution in [2.45, 2.75) is 6.61 Å². The predicted octanol–water partition coefficient (Wildman–Crippen LogP) is 3.44. The number of carbonyl (C=O) groups is 1. The summed E-state index contributed by atoms with van der Waals surface area (Å²) in [4.78, 5) is 11.0. The highest BCUT2D eigenvalue weighted by molar-refractivity contribution is 6.33. The Bertz CT molecular complexity index is 567. The van der Waals surface area contributed by atoms with Crippen molar-refractivity contribution in [3.63, 3.8) is 0 Å². The zero-order valence-corrected chi connectivity index (χ0v) is 10.2. The number of ether oxygens (including phenoxy) is 1. The van der Waals surface area contributed by atoms with Crippen LogP contribution in [0.15, 0.2) is 42.5 Å². The molecular formula is C14H11ClO3. The third-order valence-corrected chi connectivity index (χ3v) is 2.82. The Hall–Kier alpha value is -1.84. The molecule has 0 fully saturated rings. The van der Waals surface area contributed by atoms with E-state index in [9.17, 15) is 9.90 Å². The van der Waals surface area contributed by atoms with E-state index >= 15 is 0 Å². The largest absolute Gasteiger partial charge is 0.456 e. The van der Waals surface area contributed by atoms with Crippen molar-refractivity contribution in [3.8, 4) is 11.5 Å². The van der Waals surface area contributed by atoms with E-state index in [1.54, 1.807) is 42.5 Å². The molecule has 0 radical (unpaired) electrons. The lowest BCUT2D eigenvalue weighted by atomic mass is 10.2. The van der Waals surface area contributed by atoms with Gasteiger partial charge in [-0.2, -0.15) is 0 Å². The van der Waals surface area contributed by atoms with Crippen LogP contribution in [0.5, 0.6) is 11.5 Å². The Morgan fingerprint density at radius 3 is 2.56 bits per heavy atom. The average Bonchev–Trinajstić information content (AvgIpc) is 2.40. The smallest absolute Gasteiger partial charge is 0.155 e. The van der Waals surface area contributed by atoms with Gasteiger partial charge in [-0.15, -0.1) is 0 Å². The molecule has 4 heteroatoms. The Morgan fingerprint density at radius 2 is 1.83 bits per heavy atom. The maximum atomic E-state index is 11.0. The first-order valence-corrected chi connectivity index (χ1v) is 5.74. The van der Waals surface area contributed by atoms with Crippen molar-refractivity contribution < 1.29 is 14.6 Å². The Balaban J connectivity index is 2.40. The summed E-state index contributed by atoms with van der Waals surface area (Å²) in [6.07, 6.45) is 0.652. The molecule has 3 nitrogen and oxygen atoms in total. The standard InChI is InChI=1S/C14H11ClO3/c15-12-5-3-7-14(11(12)9-17)18-13-6-2-1-4-10(13)8-16/h1-7,9,16H,8H2. The van der Waals surface area contributed by atoms with Crippen molar-refractivity contribution in [2.75, 3.05) is 0 Å². The Morgan fingerprint density at radius 1 is 1.11 bits per heavy atom. The summed E-state index contributed by atoms with van der Waals surface area (Å²) in [5.41, 5.74) is 0.946. The van der Waals surface area contributed by atoms with Crippen molar-refractivity contribution in [2.24, 2.45) is 0 Å². The maximum Gasteiger partial charge on any atom is 0.155 e. The van der Waals surface area contributed by atoms with Crippen LogP contribution in [0.3, 0.4) is 0 Å². The van der Waals surface area contributed by atoms with Crippen LogP contribution in [0.1, 0.15) is 15.9 Å². The molecule has 2 aromatic carbocycles. The van der Waals surface area contributed by atoms with Crippen molar-refractivity contribution in [3.05, 3.63) is 58.6 Å². The van der Waals surface area contributed by atoms with E-state index in [2.05, 4.69) is 0 Å². The molecule has 0 aliphatic heterocycles. The van der Waals surface area contributed by atoms with E-state index < -0.39 is 0 Å². The molecular weight excluding hydrogens is 252 g/mol. The van der Waals surface area contributed by atoms with Crippen LogP contribution in [0, 0.1) is 0 Å². The van der Waals surface area contributed by atoms with Gasteiger partial charge in [0.2, 0.25) is 0 Å². The van der Waals surface area contributed by atoms with Gasteiger partial charge in [0.1, 0.15) is 11.5 Å². The molecule has 0 heterocycles. The number of hydrogen-bond acceptors (Lipinski definition) is 3. The second kappa shape index (κ2) is 5.67. The lowest BCUT2D eigenvalue weighted by Crippen LogP contribution is -1.95.